The predicted molar refractivity (Wildman–Crippen MR) is 109 cm³/mol. The van der Waals surface area contributed by atoms with E-state index in [0.29, 0.717) is 17.6 Å². The van der Waals surface area contributed by atoms with Gasteiger partial charge >= 0.3 is 0 Å². The van der Waals surface area contributed by atoms with Crippen molar-refractivity contribution in [2.45, 2.75) is 57.4 Å². The maximum absolute atomic E-state index is 12.5. The highest BCUT2D eigenvalue weighted by Gasteiger charge is 2.14. The lowest BCUT2D eigenvalue weighted by molar-refractivity contribution is 0.543. The molecule has 0 fully saturated rings. The highest BCUT2D eigenvalue weighted by atomic mass is 32.2. The molecule has 26 heavy (non-hydrogen) atoms. The fraction of sp³-hybridized carbons (Fsp3) is 0.429. The van der Waals surface area contributed by atoms with Gasteiger partial charge in [0.05, 0.1) is 4.90 Å². The van der Waals surface area contributed by atoms with Crippen molar-refractivity contribution in [3.63, 3.8) is 0 Å². The van der Waals surface area contributed by atoms with Crippen LogP contribution in [-0.4, -0.2) is 21.0 Å². The van der Waals surface area contributed by atoms with Crippen LogP contribution in [0.2, 0.25) is 0 Å². The largest absolute Gasteiger partial charge is 0.314 e. The Labute approximate surface area is 158 Å². The zero-order valence-corrected chi connectivity index (χ0v) is 16.9. The van der Waals surface area contributed by atoms with Gasteiger partial charge in [0.25, 0.3) is 10.0 Å². The molecule has 0 spiro atoms. The summed E-state index contributed by atoms with van der Waals surface area (Å²) in [5.74, 6) is 0.376. The van der Waals surface area contributed by atoms with E-state index in [0.717, 1.165) is 24.9 Å². The first-order chi connectivity index (χ1) is 12.3. The quantitative estimate of drug-likeness (QED) is 0.677. The van der Waals surface area contributed by atoms with Crippen molar-refractivity contribution in [1.29, 1.82) is 0 Å². The third kappa shape index (κ3) is 5.85. The first kappa shape index (κ1) is 20.5. The van der Waals surface area contributed by atoms with Crippen LogP contribution in [0, 0.1) is 0 Å². The van der Waals surface area contributed by atoms with Crippen LogP contribution in [0.5, 0.6) is 0 Å². The summed E-state index contributed by atoms with van der Waals surface area (Å²) in [6.45, 7) is 9.49. The van der Waals surface area contributed by atoms with Gasteiger partial charge in [-0.1, -0.05) is 45.0 Å². The van der Waals surface area contributed by atoms with Gasteiger partial charge in [0.1, 0.15) is 0 Å². The zero-order chi connectivity index (χ0) is 19.2. The summed E-state index contributed by atoms with van der Waals surface area (Å²) in [6, 6.07) is 15.1. The van der Waals surface area contributed by atoms with Gasteiger partial charge in [-0.3, -0.25) is 4.72 Å². The van der Waals surface area contributed by atoms with Gasteiger partial charge in [-0.15, -0.1) is 0 Å². The second kappa shape index (κ2) is 9.19. The lowest BCUT2D eigenvalue weighted by Crippen LogP contribution is -2.28. The lowest BCUT2D eigenvalue weighted by atomic mass is 10.0. The number of sulfonamides is 1. The Morgan fingerprint density at radius 2 is 1.54 bits per heavy atom. The summed E-state index contributed by atoms with van der Waals surface area (Å²) in [7, 11) is -3.57. The number of hydrogen-bond acceptors (Lipinski definition) is 3. The molecule has 4 nitrogen and oxygen atoms in total. The van der Waals surface area contributed by atoms with E-state index < -0.39 is 10.0 Å². The van der Waals surface area contributed by atoms with Crippen molar-refractivity contribution in [3.8, 4) is 0 Å². The monoisotopic (exact) mass is 374 g/mol. The van der Waals surface area contributed by atoms with Gasteiger partial charge in [-0.05, 0) is 67.6 Å². The van der Waals surface area contributed by atoms with Crippen LogP contribution in [-0.2, 0) is 16.4 Å². The molecule has 0 aliphatic heterocycles. The second-order valence-corrected chi connectivity index (χ2v) is 8.77. The zero-order valence-electron chi connectivity index (χ0n) is 16.1. The molecule has 0 amide bonds. The molecule has 0 aromatic heterocycles. The van der Waals surface area contributed by atoms with Crippen LogP contribution in [0.25, 0.3) is 0 Å². The number of anilines is 1. The molecule has 0 saturated heterocycles. The topological polar surface area (TPSA) is 58.2 Å². The summed E-state index contributed by atoms with van der Waals surface area (Å²) in [5, 5.41) is 3.46. The van der Waals surface area contributed by atoms with E-state index in [9.17, 15) is 8.42 Å². The Balaban J connectivity index is 2.03. The molecule has 2 N–H and O–H groups in total. The molecule has 0 heterocycles. The first-order valence-electron chi connectivity index (χ1n) is 9.27. The minimum Gasteiger partial charge on any atom is -0.314 e. The fourth-order valence-electron chi connectivity index (χ4n) is 2.77. The van der Waals surface area contributed by atoms with Gasteiger partial charge in [-0.25, -0.2) is 8.42 Å². The summed E-state index contributed by atoms with van der Waals surface area (Å²) in [5.41, 5.74) is 2.89. The molecule has 5 heteroatoms. The van der Waals surface area contributed by atoms with E-state index in [-0.39, 0.29) is 4.90 Å². The van der Waals surface area contributed by atoms with Gasteiger partial charge in [0, 0.05) is 11.7 Å². The average molecular weight is 375 g/mol. The Morgan fingerprint density at radius 1 is 0.923 bits per heavy atom. The molecular formula is C21H30N2O2S. The van der Waals surface area contributed by atoms with Gasteiger partial charge < -0.3 is 5.32 Å². The maximum Gasteiger partial charge on any atom is 0.261 e. The molecule has 2 rings (SSSR count). The van der Waals surface area contributed by atoms with Crippen molar-refractivity contribution < 1.29 is 8.42 Å². The van der Waals surface area contributed by atoms with E-state index in [1.54, 1.807) is 12.1 Å². The Morgan fingerprint density at radius 3 is 2.08 bits per heavy atom. The van der Waals surface area contributed by atoms with Crippen molar-refractivity contribution in [3.05, 3.63) is 59.7 Å². The van der Waals surface area contributed by atoms with Crippen LogP contribution in [0.15, 0.2) is 53.4 Å². The van der Waals surface area contributed by atoms with Crippen LogP contribution in [0.3, 0.4) is 0 Å². The first-order valence-corrected chi connectivity index (χ1v) is 10.7. The molecule has 0 bridgehead atoms. The van der Waals surface area contributed by atoms with Crippen LogP contribution in [0.1, 0.15) is 51.2 Å². The summed E-state index contributed by atoms with van der Waals surface area (Å²) < 4.78 is 27.7. The van der Waals surface area contributed by atoms with Crippen molar-refractivity contribution in [2.75, 3.05) is 11.3 Å². The van der Waals surface area contributed by atoms with E-state index >= 15 is 0 Å². The SMILES string of the molecule is CCCNC(C)Cc1ccc(NS(=O)(=O)c2ccc(C(C)C)cc2)cc1. The lowest BCUT2D eigenvalue weighted by Gasteiger charge is -2.14. The Bertz CT molecular complexity index is 782. The molecular weight excluding hydrogens is 344 g/mol. The smallest absolute Gasteiger partial charge is 0.261 e. The molecule has 2 aromatic carbocycles. The maximum atomic E-state index is 12.5. The normalized spacial score (nSPS) is 13.0. The van der Waals surface area contributed by atoms with Gasteiger partial charge in [0.2, 0.25) is 0 Å². The molecule has 0 radical (unpaired) electrons. The van der Waals surface area contributed by atoms with Gasteiger partial charge in [-0.2, -0.15) is 0 Å². The van der Waals surface area contributed by atoms with Crippen molar-refractivity contribution >= 4 is 15.7 Å². The third-order valence-corrected chi connectivity index (χ3v) is 5.75. The van der Waals surface area contributed by atoms with E-state index in [2.05, 4.69) is 37.7 Å². The molecule has 142 valence electrons. The molecule has 1 atom stereocenters. The summed E-state index contributed by atoms with van der Waals surface area (Å²) >= 11 is 0. The summed E-state index contributed by atoms with van der Waals surface area (Å²) in [6.07, 6.45) is 2.03. The predicted octanol–water partition coefficient (Wildman–Crippen LogP) is 4.54. The van der Waals surface area contributed by atoms with Crippen LogP contribution < -0.4 is 10.0 Å². The molecule has 0 saturated carbocycles. The highest BCUT2D eigenvalue weighted by molar-refractivity contribution is 7.92. The Kier molecular flexibility index (Phi) is 7.23. The van der Waals surface area contributed by atoms with E-state index in [4.69, 9.17) is 0 Å². The van der Waals surface area contributed by atoms with Crippen LogP contribution >= 0.6 is 0 Å². The van der Waals surface area contributed by atoms with Crippen LogP contribution in [0.4, 0.5) is 5.69 Å². The number of hydrogen-bond donors (Lipinski definition) is 2. The van der Waals surface area contributed by atoms with E-state index in [1.165, 1.54) is 5.56 Å². The van der Waals surface area contributed by atoms with E-state index in [1.807, 2.05) is 36.4 Å². The third-order valence-electron chi connectivity index (χ3n) is 4.35. The fourth-order valence-corrected chi connectivity index (χ4v) is 3.83. The second-order valence-electron chi connectivity index (χ2n) is 7.09. The number of benzene rings is 2. The van der Waals surface area contributed by atoms with Crippen molar-refractivity contribution in [1.82, 2.24) is 5.32 Å². The van der Waals surface area contributed by atoms with Crippen molar-refractivity contribution in [2.24, 2.45) is 0 Å². The number of rotatable bonds is 9. The summed E-state index contributed by atoms with van der Waals surface area (Å²) in [4.78, 5) is 0.281. The molecule has 0 aliphatic carbocycles. The molecule has 2 aromatic rings. The van der Waals surface area contributed by atoms with Gasteiger partial charge in [0.15, 0.2) is 0 Å². The minimum absolute atomic E-state index is 0.281. The molecule has 0 aliphatic rings. The minimum atomic E-state index is -3.57. The number of nitrogens with one attached hydrogen (secondary N) is 2. The average Bonchev–Trinajstić information content (AvgIpc) is 2.61. The molecule has 1 unspecified atom stereocenters. The standard InChI is InChI=1S/C21H30N2O2S/c1-5-14-22-17(4)15-18-6-10-20(11-7-18)23-26(24,25)21-12-8-19(9-13-21)16(2)3/h6-13,16-17,22-23H,5,14-15H2,1-4H3. The highest BCUT2D eigenvalue weighted by Crippen LogP contribution is 2.20. The Hall–Kier alpha value is -1.85.